The molecule has 2 N–H and O–H groups in total. The molecule has 1 amide bonds. The van der Waals surface area contributed by atoms with Gasteiger partial charge in [-0.05, 0) is 12.8 Å². The normalized spacial score (nSPS) is 23.9. The standard InChI is InChI=1S/C16H27N3O/c1-2-9-18-10-12-19(13-11-18)15(20)16(14-17)7-5-3-4-6-8-16/h1H,3-14,17H2. The summed E-state index contributed by atoms with van der Waals surface area (Å²) in [6.07, 6.45) is 12.0. The number of piperazine rings is 1. The fraction of sp³-hybridized carbons (Fsp3) is 0.812. The number of carbonyl (C=O) groups excluding carboxylic acids is 1. The molecule has 2 aliphatic rings. The van der Waals surface area contributed by atoms with E-state index in [0.717, 1.165) is 51.9 Å². The molecule has 0 aromatic heterocycles. The van der Waals surface area contributed by atoms with Crippen LogP contribution < -0.4 is 5.73 Å². The van der Waals surface area contributed by atoms with E-state index in [1.54, 1.807) is 0 Å². The van der Waals surface area contributed by atoms with Gasteiger partial charge < -0.3 is 10.6 Å². The highest BCUT2D eigenvalue weighted by Crippen LogP contribution is 2.36. The Hall–Kier alpha value is -1.05. The van der Waals surface area contributed by atoms with Crippen molar-refractivity contribution in [3.63, 3.8) is 0 Å². The van der Waals surface area contributed by atoms with Crippen molar-refractivity contribution in [3.8, 4) is 12.3 Å². The molecule has 20 heavy (non-hydrogen) atoms. The van der Waals surface area contributed by atoms with E-state index in [4.69, 9.17) is 12.2 Å². The molecule has 0 radical (unpaired) electrons. The van der Waals surface area contributed by atoms with Crippen LogP contribution in [0, 0.1) is 17.8 Å². The van der Waals surface area contributed by atoms with Gasteiger partial charge >= 0.3 is 0 Å². The fourth-order valence-corrected chi connectivity index (χ4v) is 3.48. The van der Waals surface area contributed by atoms with Gasteiger partial charge in [-0.1, -0.05) is 31.6 Å². The van der Waals surface area contributed by atoms with E-state index in [2.05, 4.69) is 10.8 Å². The number of carbonyl (C=O) groups is 1. The first kappa shape index (κ1) is 15.3. The fourth-order valence-electron chi connectivity index (χ4n) is 3.48. The summed E-state index contributed by atoms with van der Waals surface area (Å²) in [5.74, 6) is 2.97. The highest BCUT2D eigenvalue weighted by molar-refractivity contribution is 5.83. The third-order valence-electron chi connectivity index (χ3n) is 4.88. The van der Waals surface area contributed by atoms with E-state index >= 15 is 0 Å². The maximum atomic E-state index is 12.9. The summed E-state index contributed by atoms with van der Waals surface area (Å²) in [5.41, 5.74) is 5.72. The molecule has 0 unspecified atom stereocenters. The molecule has 1 saturated carbocycles. The quantitative estimate of drug-likeness (QED) is 0.620. The first-order chi connectivity index (χ1) is 9.72. The van der Waals surface area contributed by atoms with Gasteiger partial charge in [0, 0.05) is 32.7 Å². The predicted octanol–water partition coefficient (Wildman–Crippen LogP) is 1.06. The number of nitrogens with zero attached hydrogens (tertiary/aromatic N) is 2. The van der Waals surface area contributed by atoms with Crippen LogP contribution in [0.15, 0.2) is 0 Å². The average molecular weight is 277 g/mol. The maximum Gasteiger partial charge on any atom is 0.230 e. The van der Waals surface area contributed by atoms with Crippen LogP contribution in [0.2, 0.25) is 0 Å². The summed E-state index contributed by atoms with van der Waals surface area (Å²) in [6, 6.07) is 0. The predicted molar refractivity (Wildman–Crippen MR) is 81.0 cm³/mol. The largest absolute Gasteiger partial charge is 0.340 e. The number of rotatable bonds is 3. The van der Waals surface area contributed by atoms with Crippen LogP contribution in [0.4, 0.5) is 0 Å². The number of amides is 1. The van der Waals surface area contributed by atoms with Gasteiger partial charge in [-0.15, -0.1) is 6.42 Å². The molecule has 1 aliphatic carbocycles. The number of hydrogen-bond acceptors (Lipinski definition) is 3. The minimum Gasteiger partial charge on any atom is -0.340 e. The second kappa shape index (κ2) is 7.10. The zero-order valence-corrected chi connectivity index (χ0v) is 12.4. The average Bonchev–Trinajstić information content (AvgIpc) is 2.74. The summed E-state index contributed by atoms with van der Waals surface area (Å²) < 4.78 is 0. The summed E-state index contributed by atoms with van der Waals surface area (Å²) >= 11 is 0. The molecule has 0 aromatic rings. The minimum atomic E-state index is -0.287. The maximum absolute atomic E-state index is 12.9. The monoisotopic (exact) mass is 277 g/mol. The third kappa shape index (κ3) is 3.34. The van der Waals surface area contributed by atoms with E-state index < -0.39 is 0 Å². The molecule has 0 atom stereocenters. The molecule has 112 valence electrons. The van der Waals surface area contributed by atoms with Crippen molar-refractivity contribution in [2.45, 2.75) is 38.5 Å². The van der Waals surface area contributed by atoms with Crippen molar-refractivity contribution in [3.05, 3.63) is 0 Å². The van der Waals surface area contributed by atoms with Crippen LogP contribution in [0.3, 0.4) is 0 Å². The van der Waals surface area contributed by atoms with Gasteiger partial charge in [0.25, 0.3) is 0 Å². The van der Waals surface area contributed by atoms with Gasteiger partial charge in [0.1, 0.15) is 0 Å². The second-order valence-electron chi connectivity index (χ2n) is 6.17. The summed E-state index contributed by atoms with van der Waals surface area (Å²) in [6.45, 7) is 4.54. The van der Waals surface area contributed by atoms with Crippen molar-refractivity contribution in [2.24, 2.45) is 11.1 Å². The van der Waals surface area contributed by atoms with Crippen molar-refractivity contribution in [2.75, 3.05) is 39.3 Å². The molecule has 0 spiro atoms. The van der Waals surface area contributed by atoms with Gasteiger partial charge in [-0.3, -0.25) is 9.69 Å². The van der Waals surface area contributed by atoms with E-state index in [9.17, 15) is 4.79 Å². The van der Waals surface area contributed by atoms with Crippen LogP contribution >= 0.6 is 0 Å². The molecule has 1 saturated heterocycles. The molecular formula is C16H27N3O. The third-order valence-corrected chi connectivity index (χ3v) is 4.88. The van der Waals surface area contributed by atoms with Crippen molar-refractivity contribution >= 4 is 5.91 Å². The molecule has 4 nitrogen and oxygen atoms in total. The van der Waals surface area contributed by atoms with Crippen LogP contribution in [-0.4, -0.2) is 55.0 Å². The van der Waals surface area contributed by atoms with Gasteiger partial charge in [0.2, 0.25) is 5.91 Å². The lowest BCUT2D eigenvalue weighted by Crippen LogP contribution is -2.54. The Morgan fingerprint density at radius 3 is 2.20 bits per heavy atom. The highest BCUT2D eigenvalue weighted by Gasteiger charge is 2.40. The molecule has 2 rings (SSSR count). The van der Waals surface area contributed by atoms with Crippen LogP contribution in [0.5, 0.6) is 0 Å². The molecule has 2 fully saturated rings. The number of hydrogen-bond donors (Lipinski definition) is 1. The van der Waals surface area contributed by atoms with E-state index in [1.165, 1.54) is 12.8 Å². The molecular weight excluding hydrogens is 250 g/mol. The highest BCUT2D eigenvalue weighted by atomic mass is 16.2. The van der Waals surface area contributed by atoms with Gasteiger partial charge in [0.05, 0.1) is 12.0 Å². The molecule has 1 aliphatic heterocycles. The lowest BCUT2D eigenvalue weighted by atomic mass is 9.79. The Morgan fingerprint density at radius 2 is 1.70 bits per heavy atom. The van der Waals surface area contributed by atoms with E-state index in [0.29, 0.717) is 19.0 Å². The summed E-state index contributed by atoms with van der Waals surface area (Å²) in [5, 5.41) is 0. The summed E-state index contributed by atoms with van der Waals surface area (Å²) in [7, 11) is 0. The Kier molecular flexibility index (Phi) is 5.45. The van der Waals surface area contributed by atoms with E-state index in [1.807, 2.05) is 4.90 Å². The van der Waals surface area contributed by atoms with Gasteiger partial charge in [-0.2, -0.15) is 0 Å². The van der Waals surface area contributed by atoms with Crippen LogP contribution in [-0.2, 0) is 4.79 Å². The van der Waals surface area contributed by atoms with Crippen molar-refractivity contribution in [1.82, 2.24) is 9.80 Å². The number of terminal acetylenes is 1. The number of nitrogens with two attached hydrogens (primary N) is 1. The van der Waals surface area contributed by atoms with Crippen LogP contribution in [0.1, 0.15) is 38.5 Å². The molecule has 0 aromatic carbocycles. The Labute approximate surface area is 122 Å². The first-order valence-corrected chi connectivity index (χ1v) is 7.87. The molecule has 0 bridgehead atoms. The SMILES string of the molecule is C#CCN1CCN(C(=O)C2(CN)CCCCCC2)CC1. The Bertz CT molecular complexity index is 358. The van der Waals surface area contributed by atoms with Gasteiger partial charge in [0.15, 0.2) is 0 Å². The first-order valence-electron chi connectivity index (χ1n) is 7.87. The Balaban J connectivity index is 1.97. The lowest BCUT2D eigenvalue weighted by Gasteiger charge is -2.40. The minimum absolute atomic E-state index is 0.287. The topological polar surface area (TPSA) is 49.6 Å². The Morgan fingerprint density at radius 1 is 1.10 bits per heavy atom. The van der Waals surface area contributed by atoms with Crippen molar-refractivity contribution in [1.29, 1.82) is 0 Å². The lowest BCUT2D eigenvalue weighted by molar-refractivity contribution is -0.144. The smallest absolute Gasteiger partial charge is 0.230 e. The van der Waals surface area contributed by atoms with Crippen molar-refractivity contribution < 1.29 is 4.79 Å². The molecule has 1 heterocycles. The summed E-state index contributed by atoms with van der Waals surface area (Å²) in [4.78, 5) is 17.2. The van der Waals surface area contributed by atoms with E-state index in [-0.39, 0.29) is 5.41 Å². The zero-order valence-electron chi connectivity index (χ0n) is 12.4. The second-order valence-corrected chi connectivity index (χ2v) is 6.17. The molecule has 4 heteroatoms. The van der Waals surface area contributed by atoms with Gasteiger partial charge in [-0.25, -0.2) is 0 Å². The van der Waals surface area contributed by atoms with Crippen LogP contribution in [0.25, 0.3) is 0 Å². The zero-order chi connectivity index (χ0) is 14.4.